The molecule has 0 fully saturated rings. The standard InChI is InChI=1S/C26H26BrN3O2/c1-18-10-11-22(16-19(18)2)32-15-14-30-24-9-4-3-8-23(24)29-25(30)12-13-28-26(31)20-6-5-7-21(27)17-20/h3-11,16-17H,12-15H2,1-2H3,(H,28,31). The molecule has 0 aliphatic rings. The number of hydrogen-bond donors (Lipinski definition) is 1. The number of para-hydroxylation sites is 2. The molecule has 5 nitrogen and oxygen atoms in total. The summed E-state index contributed by atoms with van der Waals surface area (Å²) in [6.07, 6.45) is 0.637. The second kappa shape index (κ2) is 10.0. The van der Waals surface area contributed by atoms with Crippen LogP contribution in [0.5, 0.6) is 5.75 Å². The molecule has 3 aromatic carbocycles. The van der Waals surface area contributed by atoms with Crippen molar-refractivity contribution in [1.29, 1.82) is 0 Å². The highest BCUT2D eigenvalue weighted by Gasteiger charge is 2.12. The maximum atomic E-state index is 12.4. The Balaban J connectivity index is 1.42. The number of aromatic nitrogens is 2. The van der Waals surface area contributed by atoms with Gasteiger partial charge in [-0.1, -0.05) is 40.2 Å². The second-order valence-electron chi connectivity index (χ2n) is 7.78. The number of nitrogens with one attached hydrogen (secondary N) is 1. The molecule has 1 heterocycles. The first-order valence-electron chi connectivity index (χ1n) is 10.7. The minimum atomic E-state index is -0.0907. The number of benzene rings is 3. The molecule has 4 rings (SSSR count). The molecule has 0 aliphatic carbocycles. The van der Waals surface area contributed by atoms with Crippen LogP contribution in [0.1, 0.15) is 27.3 Å². The van der Waals surface area contributed by atoms with E-state index >= 15 is 0 Å². The molecular weight excluding hydrogens is 466 g/mol. The van der Waals surface area contributed by atoms with E-state index in [1.54, 1.807) is 6.07 Å². The van der Waals surface area contributed by atoms with Crippen molar-refractivity contribution in [2.24, 2.45) is 0 Å². The average Bonchev–Trinajstić information content (AvgIpc) is 3.13. The summed E-state index contributed by atoms with van der Waals surface area (Å²) < 4.78 is 9.08. The van der Waals surface area contributed by atoms with E-state index in [0.717, 1.165) is 27.1 Å². The molecule has 1 N–H and O–H groups in total. The van der Waals surface area contributed by atoms with Crippen LogP contribution in [0.15, 0.2) is 71.2 Å². The number of ether oxygens (including phenoxy) is 1. The minimum Gasteiger partial charge on any atom is -0.492 e. The number of hydrogen-bond acceptors (Lipinski definition) is 3. The van der Waals surface area contributed by atoms with Crippen molar-refractivity contribution in [3.05, 3.63) is 93.7 Å². The first-order chi connectivity index (χ1) is 15.5. The average molecular weight is 492 g/mol. The fourth-order valence-corrected chi connectivity index (χ4v) is 4.04. The number of carbonyl (C=O) groups excluding carboxylic acids is 1. The monoisotopic (exact) mass is 491 g/mol. The van der Waals surface area contributed by atoms with Crippen LogP contribution >= 0.6 is 15.9 Å². The Bertz CT molecular complexity index is 1250. The maximum absolute atomic E-state index is 12.4. The van der Waals surface area contributed by atoms with Crippen LogP contribution in [0.25, 0.3) is 11.0 Å². The third-order valence-electron chi connectivity index (χ3n) is 5.52. The molecule has 1 aromatic heterocycles. The Morgan fingerprint density at radius 2 is 1.88 bits per heavy atom. The molecule has 0 spiro atoms. The zero-order valence-electron chi connectivity index (χ0n) is 18.3. The maximum Gasteiger partial charge on any atom is 0.251 e. The van der Waals surface area contributed by atoms with Gasteiger partial charge in [-0.15, -0.1) is 0 Å². The SMILES string of the molecule is Cc1ccc(OCCn2c(CCNC(=O)c3cccc(Br)c3)nc3ccccc32)cc1C. The summed E-state index contributed by atoms with van der Waals surface area (Å²) in [5.74, 6) is 1.72. The van der Waals surface area contributed by atoms with Crippen molar-refractivity contribution in [3.8, 4) is 5.75 Å². The van der Waals surface area contributed by atoms with E-state index in [-0.39, 0.29) is 5.91 Å². The first kappa shape index (κ1) is 22.1. The summed E-state index contributed by atoms with van der Waals surface area (Å²) in [4.78, 5) is 17.2. The summed E-state index contributed by atoms with van der Waals surface area (Å²) >= 11 is 3.41. The van der Waals surface area contributed by atoms with Gasteiger partial charge in [-0.2, -0.15) is 0 Å². The van der Waals surface area contributed by atoms with Crippen molar-refractivity contribution in [3.63, 3.8) is 0 Å². The first-order valence-corrected chi connectivity index (χ1v) is 11.5. The van der Waals surface area contributed by atoms with Gasteiger partial charge in [0.1, 0.15) is 18.2 Å². The number of carbonyl (C=O) groups is 1. The van der Waals surface area contributed by atoms with Gasteiger partial charge in [0.2, 0.25) is 0 Å². The lowest BCUT2D eigenvalue weighted by Crippen LogP contribution is -2.26. The number of nitrogens with zero attached hydrogens (tertiary/aromatic N) is 2. The van der Waals surface area contributed by atoms with E-state index in [1.807, 2.05) is 42.5 Å². The lowest BCUT2D eigenvalue weighted by molar-refractivity contribution is 0.0954. The normalized spacial score (nSPS) is 11.0. The van der Waals surface area contributed by atoms with Crippen molar-refractivity contribution < 1.29 is 9.53 Å². The van der Waals surface area contributed by atoms with E-state index in [2.05, 4.69) is 57.9 Å². The van der Waals surface area contributed by atoms with Crippen molar-refractivity contribution in [1.82, 2.24) is 14.9 Å². The van der Waals surface area contributed by atoms with Gasteiger partial charge in [0.05, 0.1) is 17.6 Å². The van der Waals surface area contributed by atoms with Gasteiger partial charge in [0.15, 0.2) is 0 Å². The molecule has 164 valence electrons. The second-order valence-corrected chi connectivity index (χ2v) is 8.69. The number of aryl methyl sites for hydroxylation is 2. The Hall–Kier alpha value is -3.12. The fourth-order valence-electron chi connectivity index (χ4n) is 3.64. The van der Waals surface area contributed by atoms with Crippen LogP contribution < -0.4 is 10.1 Å². The van der Waals surface area contributed by atoms with Gasteiger partial charge in [-0.05, 0) is 67.4 Å². The fraction of sp³-hybridized carbons (Fsp3) is 0.231. The predicted molar refractivity (Wildman–Crippen MR) is 131 cm³/mol. The molecule has 0 saturated heterocycles. The molecular formula is C26H26BrN3O2. The summed E-state index contributed by atoms with van der Waals surface area (Å²) in [5, 5.41) is 3.00. The zero-order valence-corrected chi connectivity index (χ0v) is 19.9. The smallest absolute Gasteiger partial charge is 0.251 e. The highest BCUT2D eigenvalue weighted by molar-refractivity contribution is 9.10. The Kier molecular flexibility index (Phi) is 6.90. The molecule has 0 aliphatic heterocycles. The molecule has 6 heteroatoms. The molecule has 0 atom stereocenters. The summed E-state index contributed by atoms with van der Waals surface area (Å²) in [6, 6.07) is 21.6. The third kappa shape index (κ3) is 5.19. The summed E-state index contributed by atoms with van der Waals surface area (Å²) in [7, 11) is 0. The molecule has 0 bridgehead atoms. The van der Waals surface area contributed by atoms with Gasteiger partial charge in [-0.3, -0.25) is 4.79 Å². The van der Waals surface area contributed by atoms with Gasteiger partial charge in [0.25, 0.3) is 5.91 Å². The number of halogens is 1. The third-order valence-corrected chi connectivity index (χ3v) is 6.01. The summed E-state index contributed by atoms with van der Waals surface area (Å²) in [6.45, 7) is 5.92. The van der Waals surface area contributed by atoms with E-state index in [0.29, 0.717) is 31.7 Å². The zero-order chi connectivity index (χ0) is 22.5. The molecule has 4 aromatic rings. The van der Waals surface area contributed by atoms with Gasteiger partial charge in [-0.25, -0.2) is 4.98 Å². The van der Waals surface area contributed by atoms with Crippen LogP contribution in [0.4, 0.5) is 0 Å². The van der Waals surface area contributed by atoms with Crippen LogP contribution in [-0.2, 0) is 13.0 Å². The largest absolute Gasteiger partial charge is 0.492 e. The van der Waals surface area contributed by atoms with E-state index in [4.69, 9.17) is 9.72 Å². The van der Waals surface area contributed by atoms with Crippen molar-refractivity contribution in [2.75, 3.05) is 13.2 Å². The number of amides is 1. The predicted octanol–water partition coefficient (Wildman–Crippen LogP) is 5.47. The summed E-state index contributed by atoms with van der Waals surface area (Å²) in [5.41, 5.74) is 5.13. The quantitative estimate of drug-likeness (QED) is 0.355. The lowest BCUT2D eigenvalue weighted by atomic mass is 10.1. The number of imidazole rings is 1. The molecule has 32 heavy (non-hydrogen) atoms. The minimum absolute atomic E-state index is 0.0907. The topological polar surface area (TPSA) is 56.1 Å². The van der Waals surface area contributed by atoms with E-state index in [1.165, 1.54) is 11.1 Å². The van der Waals surface area contributed by atoms with E-state index in [9.17, 15) is 4.79 Å². The van der Waals surface area contributed by atoms with Crippen LogP contribution in [0.2, 0.25) is 0 Å². The van der Waals surface area contributed by atoms with Gasteiger partial charge < -0.3 is 14.6 Å². The molecule has 0 unspecified atom stereocenters. The highest BCUT2D eigenvalue weighted by atomic mass is 79.9. The molecule has 1 amide bonds. The Labute approximate surface area is 196 Å². The van der Waals surface area contributed by atoms with Crippen molar-refractivity contribution in [2.45, 2.75) is 26.8 Å². The molecule has 0 saturated carbocycles. The number of rotatable bonds is 8. The Morgan fingerprint density at radius 1 is 1.03 bits per heavy atom. The van der Waals surface area contributed by atoms with Crippen molar-refractivity contribution >= 4 is 32.9 Å². The lowest BCUT2D eigenvalue weighted by Gasteiger charge is -2.12. The van der Waals surface area contributed by atoms with Gasteiger partial charge >= 0.3 is 0 Å². The van der Waals surface area contributed by atoms with Crippen LogP contribution in [0, 0.1) is 13.8 Å². The van der Waals surface area contributed by atoms with Crippen LogP contribution in [-0.4, -0.2) is 28.6 Å². The van der Waals surface area contributed by atoms with E-state index < -0.39 is 0 Å². The number of fused-ring (bicyclic) bond motifs is 1. The Morgan fingerprint density at radius 3 is 2.69 bits per heavy atom. The van der Waals surface area contributed by atoms with Crippen LogP contribution in [0.3, 0.4) is 0 Å². The molecule has 0 radical (unpaired) electrons. The highest BCUT2D eigenvalue weighted by Crippen LogP contribution is 2.19. The van der Waals surface area contributed by atoms with Gasteiger partial charge in [0, 0.05) is 23.0 Å².